The van der Waals surface area contributed by atoms with E-state index >= 15 is 0 Å². The molecule has 0 N–H and O–H groups in total. The molecule has 2 aromatic rings. The van der Waals surface area contributed by atoms with Gasteiger partial charge in [0.05, 0.1) is 0 Å². The molecule has 2 aromatic carbocycles. The van der Waals surface area contributed by atoms with Gasteiger partial charge in [-0.1, -0.05) is 41.1 Å². The summed E-state index contributed by atoms with van der Waals surface area (Å²) in [7, 11) is 1.05. The highest BCUT2D eigenvalue weighted by Gasteiger charge is 2.12. The van der Waals surface area contributed by atoms with Crippen molar-refractivity contribution >= 4 is 27.0 Å². The Kier molecular flexibility index (Phi) is 3.93. The summed E-state index contributed by atoms with van der Waals surface area (Å²) in [5.41, 5.74) is 8.02. The number of hydrogen-bond acceptors (Lipinski definition) is 0. The predicted molar refractivity (Wildman–Crippen MR) is 85.2 cm³/mol. The molecular formula is C16H19ClSi. The number of rotatable bonds is 2. The molecule has 0 aromatic heterocycles. The molecule has 0 aliphatic rings. The Balaban J connectivity index is 2.77. The van der Waals surface area contributed by atoms with Gasteiger partial charge in [0.2, 0.25) is 0 Å². The van der Waals surface area contributed by atoms with Gasteiger partial charge < -0.3 is 0 Å². The summed E-state index contributed by atoms with van der Waals surface area (Å²) >= 11 is 6.11. The van der Waals surface area contributed by atoms with Crippen molar-refractivity contribution in [3.05, 3.63) is 52.6 Å². The molecule has 0 unspecified atom stereocenters. The van der Waals surface area contributed by atoms with Gasteiger partial charge in [-0.3, -0.25) is 0 Å². The zero-order valence-electron chi connectivity index (χ0n) is 11.5. The third-order valence-electron chi connectivity index (χ3n) is 3.43. The van der Waals surface area contributed by atoms with Gasteiger partial charge in [-0.2, -0.15) is 0 Å². The van der Waals surface area contributed by atoms with Gasteiger partial charge in [0, 0.05) is 16.1 Å². The minimum Gasteiger partial charge on any atom is -0.122 e. The quantitative estimate of drug-likeness (QED) is 0.583. The van der Waals surface area contributed by atoms with Crippen molar-refractivity contribution in [2.24, 2.45) is 0 Å². The average Bonchev–Trinajstić information content (AvgIpc) is 2.29. The van der Waals surface area contributed by atoms with Crippen molar-refractivity contribution in [1.29, 1.82) is 0 Å². The van der Waals surface area contributed by atoms with Gasteiger partial charge in [-0.25, -0.2) is 0 Å². The Bertz CT molecular complexity index is 565. The van der Waals surface area contributed by atoms with Crippen molar-refractivity contribution in [3.63, 3.8) is 0 Å². The molecular weight excluding hydrogens is 256 g/mol. The predicted octanol–water partition coefficient (Wildman–Crippen LogP) is 3.01. The van der Waals surface area contributed by atoms with Crippen molar-refractivity contribution in [2.75, 3.05) is 0 Å². The molecule has 2 rings (SSSR count). The minimum atomic E-state index is 0.582. The molecule has 2 heteroatoms. The third kappa shape index (κ3) is 2.38. The fourth-order valence-corrected chi connectivity index (χ4v) is 3.76. The van der Waals surface area contributed by atoms with E-state index in [1.807, 2.05) is 0 Å². The van der Waals surface area contributed by atoms with E-state index in [-0.39, 0.29) is 0 Å². The smallest absolute Gasteiger partial charge is 0.0480 e. The Morgan fingerprint density at radius 3 is 2.17 bits per heavy atom. The van der Waals surface area contributed by atoms with Crippen molar-refractivity contribution in [2.45, 2.75) is 26.7 Å². The zero-order valence-corrected chi connectivity index (χ0v) is 14.2. The lowest BCUT2D eigenvalue weighted by Crippen LogP contribution is -2.10. The fraction of sp³-hybridized carbons (Fsp3) is 0.250. The number of alkyl halides is 1. The van der Waals surface area contributed by atoms with Gasteiger partial charge in [-0.15, -0.1) is 11.6 Å². The van der Waals surface area contributed by atoms with Gasteiger partial charge in [-0.05, 0) is 48.6 Å². The van der Waals surface area contributed by atoms with Crippen LogP contribution >= 0.6 is 11.6 Å². The molecule has 0 nitrogen and oxygen atoms in total. The summed E-state index contributed by atoms with van der Waals surface area (Å²) in [6, 6.07) is 11.0. The van der Waals surface area contributed by atoms with E-state index < -0.39 is 0 Å². The molecule has 0 spiro atoms. The molecule has 0 radical (unpaired) electrons. The average molecular weight is 275 g/mol. The highest BCUT2D eigenvalue weighted by molar-refractivity contribution is 6.36. The fourth-order valence-electron chi connectivity index (χ4n) is 2.77. The molecule has 0 fully saturated rings. The number of aryl methyl sites for hydroxylation is 3. The van der Waals surface area contributed by atoms with Crippen LogP contribution in [0.25, 0.3) is 11.1 Å². The van der Waals surface area contributed by atoms with Crippen molar-refractivity contribution in [1.82, 2.24) is 0 Å². The molecule has 0 saturated carbocycles. The number of benzene rings is 2. The first-order chi connectivity index (χ1) is 8.54. The number of hydrogen-bond donors (Lipinski definition) is 0. The zero-order chi connectivity index (χ0) is 13.3. The van der Waals surface area contributed by atoms with Gasteiger partial charge in [0.1, 0.15) is 0 Å². The summed E-state index contributed by atoms with van der Waals surface area (Å²) < 4.78 is 0. The summed E-state index contributed by atoms with van der Waals surface area (Å²) in [4.78, 5) is 0. The van der Waals surface area contributed by atoms with Crippen LogP contribution in [0.15, 0.2) is 30.3 Å². The van der Waals surface area contributed by atoms with Crippen LogP contribution < -0.4 is 5.19 Å². The highest BCUT2D eigenvalue weighted by atomic mass is 35.5. The SMILES string of the molecule is Cc1cc(C)c(-c2c([SiH3])cccc2CCl)c(C)c1. The lowest BCUT2D eigenvalue weighted by molar-refractivity contribution is 1.30. The Labute approximate surface area is 117 Å². The van der Waals surface area contributed by atoms with Crippen molar-refractivity contribution < 1.29 is 0 Å². The van der Waals surface area contributed by atoms with Crippen molar-refractivity contribution in [3.8, 4) is 11.1 Å². The Morgan fingerprint density at radius 1 is 1.00 bits per heavy atom. The summed E-state index contributed by atoms with van der Waals surface area (Å²) in [6.45, 7) is 6.54. The highest BCUT2D eigenvalue weighted by Crippen LogP contribution is 2.30. The van der Waals surface area contributed by atoms with Crippen LogP contribution in [0.5, 0.6) is 0 Å². The van der Waals surface area contributed by atoms with E-state index in [0.717, 1.165) is 10.2 Å². The van der Waals surface area contributed by atoms with Crippen LogP contribution in [0.2, 0.25) is 0 Å². The Hall–Kier alpha value is -1.05. The number of halogens is 1. The molecule has 0 atom stereocenters. The molecule has 0 amide bonds. The molecule has 0 aliphatic heterocycles. The summed E-state index contributed by atoms with van der Waals surface area (Å²) in [5, 5.41) is 1.43. The normalized spacial score (nSPS) is 10.9. The van der Waals surface area contributed by atoms with Crippen LogP contribution in [0.3, 0.4) is 0 Å². The summed E-state index contributed by atoms with van der Waals surface area (Å²) in [5.74, 6) is 0.582. The van der Waals surface area contributed by atoms with E-state index in [0.29, 0.717) is 5.88 Å². The van der Waals surface area contributed by atoms with Crippen LogP contribution in [0, 0.1) is 20.8 Å². The largest absolute Gasteiger partial charge is 0.122 e. The van der Waals surface area contributed by atoms with E-state index in [1.54, 1.807) is 0 Å². The first kappa shape index (κ1) is 13.4. The first-order valence-corrected chi connectivity index (χ1v) is 7.80. The first-order valence-electron chi connectivity index (χ1n) is 6.27. The second-order valence-corrected chi connectivity index (χ2v) is 6.36. The molecule has 0 heterocycles. The molecule has 18 heavy (non-hydrogen) atoms. The van der Waals surface area contributed by atoms with E-state index in [2.05, 4.69) is 51.1 Å². The van der Waals surface area contributed by atoms with E-state index in [9.17, 15) is 0 Å². The second-order valence-electron chi connectivity index (χ2n) is 5.02. The van der Waals surface area contributed by atoms with Crippen LogP contribution in [-0.2, 0) is 5.88 Å². The molecule has 0 aliphatic carbocycles. The van der Waals surface area contributed by atoms with E-state index in [4.69, 9.17) is 11.6 Å². The molecule has 0 bridgehead atoms. The Morgan fingerprint density at radius 2 is 1.61 bits per heavy atom. The maximum atomic E-state index is 6.11. The lowest BCUT2D eigenvalue weighted by atomic mass is 9.91. The topological polar surface area (TPSA) is 0 Å². The van der Waals surface area contributed by atoms with Crippen LogP contribution in [0.4, 0.5) is 0 Å². The van der Waals surface area contributed by atoms with Crippen LogP contribution in [0.1, 0.15) is 22.3 Å². The maximum absolute atomic E-state index is 6.11. The van der Waals surface area contributed by atoms with Gasteiger partial charge >= 0.3 is 0 Å². The second kappa shape index (κ2) is 5.29. The summed E-state index contributed by atoms with van der Waals surface area (Å²) in [6.07, 6.45) is 0. The van der Waals surface area contributed by atoms with Gasteiger partial charge in [0.15, 0.2) is 0 Å². The van der Waals surface area contributed by atoms with Crippen LogP contribution in [-0.4, -0.2) is 10.2 Å². The standard InChI is InChI=1S/C16H19ClSi/c1-10-7-11(2)15(12(3)8-10)16-13(9-17)5-4-6-14(16)18/h4-8H,9H2,1-3,18H3. The minimum absolute atomic E-state index is 0.582. The molecule has 94 valence electrons. The third-order valence-corrected chi connectivity index (χ3v) is 4.55. The van der Waals surface area contributed by atoms with Gasteiger partial charge in [0.25, 0.3) is 0 Å². The van der Waals surface area contributed by atoms with E-state index in [1.165, 1.54) is 38.6 Å². The molecule has 0 saturated heterocycles. The maximum Gasteiger partial charge on any atom is 0.0480 e. The lowest BCUT2D eigenvalue weighted by Gasteiger charge is -2.17. The monoisotopic (exact) mass is 274 g/mol.